The lowest BCUT2D eigenvalue weighted by atomic mass is 9.93. The van der Waals surface area contributed by atoms with Crippen LogP contribution in [-0.2, 0) is 27.3 Å². The molecule has 0 aliphatic carbocycles. The third-order valence-electron chi connectivity index (χ3n) is 4.05. The van der Waals surface area contributed by atoms with E-state index in [9.17, 15) is 19.5 Å². The van der Waals surface area contributed by atoms with E-state index in [0.29, 0.717) is 17.3 Å². The highest BCUT2D eigenvalue weighted by atomic mass is 32.2. The van der Waals surface area contributed by atoms with Crippen LogP contribution in [0.5, 0.6) is 11.5 Å². The number of carbonyl (C=O) groups is 3. The van der Waals surface area contributed by atoms with Gasteiger partial charge in [0.05, 0.1) is 0 Å². The Bertz CT molecular complexity index is 704. The maximum Gasteiger partial charge on any atom is 0.326 e. The molecule has 0 saturated heterocycles. The number of rotatable bonds is 4. The lowest BCUT2D eigenvalue weighted by Crippen LogP contribution is -2.48. The summed E-state index contributed by atoms with van der Waals surface area (Å²) in [4.78, 5) is 36.3. The highest BCUT2D eigenvalue weighted by Gasteiger charge is 2.35. The predicted molar refractivity (Wildman–Crippen MR) is 86.0 cm³/mol. The number of hydrogen-bond acceptors (Lipinski definition) is 6. The van der Waals surface area contributed by atoms with Gasteiger partial charge in [-0.25, -0.2) is 4.79 Å². The number of amides is 1. The average molecular weight is 351 g/mol. The molecule has 0 fully saturated rings. The molecule has 0 spiro atoms. The summed E-state index contributed by atoms with van der Waals surface area (Å²) in [6, 6.07) is 2.69. The molecule has 2 aliphatic rings. The highest BCUT2D eigenvalue weighted by Crippen LogP contribution is 2.38. The number of nitrogens with zero attached hydrogens (tertiary/aromatic N) is 1. The Morgan fingerprint density at radius 1 is 1.25 bits per heavy atom. The molecule has 24 heavy (non-hydrogen) atoms. The fourth-order valence-electron chi connectivity index (χ4n) is 2.88. The molecule has 1 atom stereocenters. The molecule has 2 heterocycles. The fraction of sp³-hybridized carbons (Fsp3) is 0.438. The Morgan fingerprint density at radius 3 is 2.54 bits per heavy atom. The summed E-state index contributed by atoms with van der Waals surface area (Å²) in [5.41, 5.74) is 1.72. The van der Waals surface area contributed by atoms with Crippen LogP contribution in [0.15, 0.2) is 12.1 Å². The number of fused-ring (bicyclic) bond motifs is 2. The van der Waals surface area contributed by atoms with Crippen molar-refractivity contribution in [2.75, 3.05) is 12.5 Å². The zero-order valence-electron chi connectivity index (χ0n) is 13.1. The van der Waals surface area contributed by atoms with E-state index in [4.69, 9.17) is 9.47 Å². The maximum absolute atomic E-state index is 12.4. The van der Waals surface area contributed by atoms with Gasteiger partial charge in [-0.1, -0.05) is 11.8 Å². The number of benzene rings is 1. The SMILES string of the molecule is CC(=O)SCCC(=O)N1Cc2cc3c(cc2C[C@@H]1C(=O)O)OCO3. The summed E-state index contributed by atoms with van der Waals surface area (Å²) in [6.07, 6.45) is 0.362. The van der Waals surface area contributed by atoms with Crippen LogP contribution in [0.2, 0.25) is 0 Å². The second kappa shape index (κ2) is 6.72. The van der Waals surface area contributed by atoms with Crippen molar-refractivity contribution in [1.29, 1.82) is 0 Å². The van der Waals surface area contributed by atoms with Gasteiger partial charge in [0.2, 0.25) is 12.7 Å². The Labute approximate surface area is 142 Å². The van der Waals surface area contributed by atoms with Crippen molar-refractivity contribution in [3.8, 4) is 11.5 Å². The molecule has 3 rings (SSSR count). The number of aliphatic carboxylic acids is 1. The van der Waals surface area contributed by atoms with Crippen LogP contribution in [0, 0.1) is 0 Å². The molecule has 1 aromatic carbocycles. The van der Waals surface area contributed by atoms with Crippen molar-refractivity contribution in [3.63, 3.8) is 0 Å². The van der Waals surface area contributed by atoms with Crippen molar-refractivity contribution < 1.29 is 29.0 Å². The van der Waals surface area contributed by atoms with E-state index >= 15 is 0 Å². The van der Waals surface area contributed by atoms with Gasteiger partial charge in [0.1, 0.15) is 6.04 Å². The quantitative estimate of drug-likeness (QED) is 0.877. The van der Waals surface area contributed by atoms with Gasteiger partial charge in [0.25, 0.3) is 0 Å². The van der Waals surface area contributed by atoms with Gasteiger partial charge in [-0.15, -0.1) is 0 Å². The van der Waals surface area contributed by atoms with Crippen LogP contribution in [0.4, 0.5) is 0 Å². The van der Waals surface area contributed by atoms with Gasteiger partial charge >= 0.3 is 5.97 Å². The molecule has 1 amide bonds. The Balaban J connectivity index is 1.80. The van der Waals surface area contributed by atoms with E-state index in [2.05, 4.69) is 0 Å². The van der Waals surface area contributed by atoms with Gasteiger partial charge < -0.3 is 19.5 Å². The maximum atomic E-state index is 12.4. The molecule has 0 saturated carbocycles. The molecule has 2 aliphatic heterocycles. The zero-order valence-corrected chi connectivity index (χ0v) is 13.9. The number of ether oxygens (including phenoxy) is 2. The Kier molecular flexibility index (Phi) is 4.66. The monoisotopic (exact) mass is 351 g/mol. The molecular weight excluding hydrogens is 334 g/mol. The van der Waals surface area contributed by atoms with Crippen LogP contribution >= 0.6 is 11.8 Å². The summed E-state index contributed by atoms with van der Waals surface area (Å²) in [5, 5.41) is 9.42. The number of carboxylic acids is 1. The van der Waals surface area contributed by atoms with Crippen molar-refractivity contribution >= 4 is 28.8 Å². The van der Waals surface area contributed by atoms with E-state index in [0.717, 1.165) is 22.9 Å². The first-order chi connectivity index (χ1) is 11.5. The second-order valence-electron chi connectivity index (χ2n) is 5.64. The van der Waals surface area contributed by atoms with E-state index in [1.807, 2.05) is 0 Å². The lowest BCUT2D eigenvalue weighted by molar-refractivity contribution is -0.151. The van der Waals surface area contributed by atoms with Gasteiger partial charge in [0, 0.05) is 32.1 Å². The van der Waals surface area contributed by atoms with Crippen molar-refractivity contribution in [3.05, 3.63) is 23.3 Å². The van der Waals surface area contributed by atoms with E-state index in [-0.39, 0.29) is 37.2 Å². The van der Waals surface area contributed by atoms with Crippen LogP contribution in [0.25, 0.3) is 0 Å². The van der Waals surface area contributed by atoms with Crippen LogP contribution in [0.1, 0.15) is 24.5 Å². The van der Waals surface area contributed by atoms with Crippen molar-refractivity contribution in [2.45, 2.75) is 32.4 Å². The molecule has 0 unspecified atom stereocenters. The van der Waals surface area contributed by atoms with Crippen LogP contribution < -0.4 is 9.47 Å². The van der Waals surface area contributed by atoms with Crippen molar-refractivity contribution in [1.82, 2.24) is 4.90 Å². The normalized spacial score (nSPS) is 18.2. The number of thioether (sulfide) groups is 1. The van der Waals surface area contributed by atoms with Gasteiger partial charge in [-0.3, -0.25) is 9.59 Å². The van der Waals surface area contributed by atoms with Gasteiger partial charge in [-0.05, 0) is 23.3 Å². The minimum Gasteiger partial charge on any atom is -0.480 e. The summed E-state index contributed by atoms with van der Waals surface area (Å²) < 4.78 is 10.7. The van der Waals surface area contributed by atoms with Crippen LogP contribution in [-0.4, -0.2) is 45.6 Å². The molecule has 128 valence electrons. The number of carboxylic acid groups (broad SMARTS) is 1. The lowest BCUT2D eigenvalue weighted by Gasteiger charge is -2.34. The number of carbonyl (C=O) groups excluding carboxylic acids is 2. The predicted octanol–water partition coefficient (Wildman–Crippen LogP) is 1.42. The molecular formula is C16H17NO6S. The largest absolute Gasteiger partial charge is 0.480 e. The number of hydrogen-bond donors (Lipinski definition) is 1. The first-order valence-electron chi connectivity index (χ1n) is 7.52. The highest BCUT2D eigenvalue weighted by molar-refractivity contribution is 8.13. The molecule has 0 bridgehead atoms. The summed E-state index contributed by atoms with van der Waals surface area (Å²) in [5.74, 6) is 0.272. The van der Waals surface area contributed by atoms with Crippen LogP contribution in [0.3, 0.4) is 0 Å². The molecule has 1 aromatic rings. The van der Waals surface area contributed by atoms with E-state index in [1.54, 1.807) is 12.1 Å². The standard InChI is InChI=1S/C16H17NO6S/c1-9(18)24-3-2-15(19)17-7-11-6-14-13(22-8-23-14)5-10(11)4-12(17)16(20)21/h5-6,12H,2-4,7-8H2,1H3,(H,20,21)/t12-/m1/s1. The molecule has 0 aromatic heterocycles. The first kappa shape index (κ1) is 16.6. The average Bonchev–Trinajstić information content (AvgIpc) is 2.97. The minimum atomic E-state index is -1.04. The molecule has 8 heteroatoms. The summed E-state index contributed by atoms with van der Waals surface area (Å²) in [7, 11) is 0. The molecule has 0 radical (unpaired) electrons. The minimum absolute atomic E-state index is 0.0608. The van der Waals surface area contributed by atoms with Crippen molar-refractivity contribution in [2.24, 2.45) is 0 Å². The molecule has 7 nitrogen and oxygen atoms in total. The van der Waals surface area contributed by atoms with E-state index in [1.165, 1.54) is 11.8 Å². The third-order valence-corrected chi connectivity index (χ3v) is 4.87. The topological polar surface area (TPSA) is 93.1 Å². The Morgan fingerprint density at radius 2 is 1.92 bits per heavy atom. The smallest absolute Gasteiger partial charge is 0.326 e. The fourth-order valence-corrected chi connectivity index (χ4v) is 3.45. The summed E-state index contributed by atoms with van der Waals surface area (Å²) >= 11 is 1.06. The van der Waals surface area contributed by atoms with Gasteiger partial charge in [-0.2, -0.15) is 0 Å². The molecule has 1 N–H and O–H groups in total. The van der Waals surface area contributed by atoms with E-state index < -0.39 is 12.0 Å². The third kappa shape index (κ3) is 3.33. The zero-order chi connectivity index (χ0) is 17.3. The first-order valence-corrected chi connectivity index (χ1v) is 8.51. The van der Waals surface area contributed by atoms with Gasteiger partial charge in [0.15, 0.2) is 16.6 Å². The second-order valence-corrected chi connectivity index (χ2v) is 6.92. The summed E-state index contributed by atoms with van der Waals surface area (Å²) in [6.45, 7) is 1.80. The Hall–Kier alpha value is -2.22.